The van der Waals surface area contributed by atoms with Gasteiger partial charge in [0.05, 0.1) is 12.6 Å². The van der Waals surface area contributed by atoms with Crippen LogP contribution in [0.5, 0.6) is 0 Å². The lowest BCUT2D eigenvalue weighted by Crippen LogP contribution is -2.42. The summed E-state index contributed by atoms with van der Waals surface area (Å²) in [7, 11) is 0. The lowest BCUT2D eigenvalue weighted by molar-refractivity contribution is -0.122. The molecule has 148 valence electrons. The Hall–Kier alpha value is -2.41. The van der Waals surface area contributed by atoms with E-state index in [1.165, 1.54) is 26.3 Å². The zero-order chi connectivity index (χ0) is 19.6. The Balaban J connectivity index is 1.23. The minimum absolute atomic E-state index is 0.102. The average molecular weight is 422 g/mol. The molecule has 0 fully saturated rings. The van der Waals surface area contributed by atoms with Crippen LogP contribution in [0.2, 0.25) is 0 Å². The number of aromatic nitrogens is 1. The van der Waals surface area contributed by atoms with E-state index in [4.69, 9.17) is 0 Å². The predicted octanol–water partition coefficient (Wildman–Crippen LogP) is 4.60. The molecule has 0 bridgehead atoms. The number of nitrogens with zero attached hydrogens (tertiary/aromatic N) is 1. The number of benzene rings is 1. The topological polar surface area (TPSA) is 48.1 Å². The number of H-pyrrole nitrogens is 1. The first-order chi connectivity index (χ1) is 14.3. The number of nitrogens with one attached hydrogen (secondary N) is 2. The number of amides is 1. The van der Waals surface area contributed by atoms with Crippen LogP contribution in [-0.4, -0.2) is 35.4 Å². The van der Waals surface area contributed by atoms with Crippen molar-refractivity contribution in [2.24, 2.45) is 0 Å². The van der Waals surface area contributed by atoms with Gasteiger partial charge >= 0.3 is 0 Å². The Morgan fingerprint density at radius 1 is 1.14 bits per heavy atom. The van der Waals surface area contributed by atoms with Crippen molar-refractivity contribution in [2.45, 2.75) is 18.9 Å². The molecule has 4 nitrogen and oxygen atoms in total. The summed E-state index contributed by atoms with van der Waals surface area (Å²) in [6.07, 6.45) is 3.91. The first-order valence-electron chi connectivity index (χ1n) is 9.95. The summed E-state index contributed by atoms with van der Waals surface area (Å²) in [5.41, 5.74) is 3.76. The van der Waals surface area contributed by atoms with E-state index in [2.05, 4.69) is 62.4 Å². The molecular weight excluding hydrogens is 398 g/mol. The van der Waals surface area contributed by atoms with E-state index in [9.17, 15) is 4.79 Å². The van der Waals surface area contributed by atoms with Crippen molar-refractivity contribution in [1.82, 2.24) is 15.2 Å². The van der Waals surface area contributed by atoms with Crippen molar-refractivity contribution in [3.63, 3.8) is 0 Å². The van der Waals surface area contributed by atoms with Gasteiger partial charge in [-0.05, 0) is 52.9 Å². The third kappa shape index (κ3) is 3.75. The van der Waals surface area contributed by atoms with Gasteiger partial charge in [0.2, 0.25) is 5.91 Å². The standard InChI is InChI=1S/C23H23N3OS2/c27-22(24-10-7-16-14-25-19-5-2-1-4-17(16)19)15-26-11-8-20-18(9-13-29-20)23(26)21-6-3-12-28-21/h1-6,9,12-14,23,25H,7-8,10-11,15H2,(H,24,27). The molecule has 0 spiro atoms. The highest BCUT2D eigenvalue weighted by atomic mass is 32.1. The minimum atomic E-state index is 0.102. The Bertz CT molecular complexity index is 1110. The van der Waals surface area contributed by atoms with E-state index < -0.39 is 0 Å². The van der Waals surface area contributed by atoms with Crippen molar-refractivity contribution in [3.8, 4) is 0 Å². The maximum absolute atomic E-state index is 12.7. The van der Waals surface area contributed by atoms with Crippen LogP contribution in [0.1, 0.15) is 26.9 Å². The van der Waals surface area contributed by atoms with Gasteiger partial charge in [0, 0.05) is 39.9 Å². The second-order valence-corrected chi connectivity index (χ2v) is 9.38. The van der Waals surface area contributed by atoms with Gasteiger partial charge in [-0.2, -0.15) is 0 Å². The largest absolute Gasteiger partial charge is 0.361 e. The molecule has 0 saturated heterocycles. The number of fused-ring (bicyclic) bond motifs is 2. The molecule has 0 saturated carbocycles. The maximum Gasteiger partial charge on any atom is 0.234 e. The van der Waals surface area contributed by atoms with Crippen LogP contribution in [0.4, 0.5) is 0 Å². The molecule has 1 aromatic carbocycles. The Labute approximate surface area is 178 Å². The van der Waals surface area contributed by atoms with E-state index in [1.54, 1.807) is 11.3 Å². The van der Waals surface area contributed by atoms with E-state index >= 15 is 0 Å². The van der Waals surface area contributed by atoms with Crippen LogP contribution in [0, 0.1) is 0 Å². The Morgan fingerprint density at radius 2 is 2.07 bits per heavy atom. The van der Waals surface area contributed by atoms with Crippen LogP contribution in [0.25, 0.3) is 10.9 Å². The first kappa shape index (κ1) is 18.6. The molecule has 1 atom stereocenters. The van der Waals surface area contributed by atoms with Crippen LogP contribution in [0.15, 0.2) is 59.4 Å². The number of hydrogen-bond donors (Lipinski definition) is 2. The summed E-state index contributed by atoms with van der Waals surface area (Å²) in [6.45, 7) is 2.01. The molecule has 29 heavy (non-hydrogen) atoms. The molecule has 5 rings (SSSR count). The molecule has 2 N–H and O–H groups in total. The molecule has 4 heterocycles. The third-order valence-electron chi connectivity index (χ3n) is 5.62. The number of carbonyl (C=O) groups excluding carboxylic acids is 1. The van der Waals surface area contributed by atoms with Gasteiger partial charge in [0.15, 0.2) is 0 Å². The normalized spacial score (nSPS) is 16.8. The summed E-state index contributed by atoms with van der Waals surface area (Å²) < 4.78 is 0. The fourth-order valence-electron chi connectivity index (χ4n) is 4.23. The first-order valence-corrected chi connectivity index (χ1v) is 11.7. The van der Waals surface area contributed by atoms with Gasteiger partial charge in [-0.25, -0.2) is 0 Å². The number of rotatable bonds is 6. The number of carbonyl (C=O) groups is 1. The van der Waals surface area contributed by atoms with Crippen molar-refractivity contribution >= 4 is 39.5 Å². The van der Waals surface area contributed by atoms with Gasteiger partial charge in [-0.3, -0.25) is 9.69 Å². The van der Waals surface area contributed by atoms with Crippen molar-refractivity contribution < 1.29 is 4.79 Å². The summed E-state index contributed by atoms with van der Waals surface area (Å²) in [5.74, 6) is 0.102. The average Bonchev–Trinajstić information content (AvgIpc) is 3.49. The second-order valence-electron chi connectivity index (χ2n) is 7.40. The van der Waals surface area contributed by atoms with E-state index in [-0.39, 0.29) is 11.9 Å². The summed E-state index contributed by atoms with van der Waals surface area (Å²) in [6, 6.07) is 15.0. The Kier molecular flexibility index (Phi) is 5.23. The quantitative estimate of drug-likeness (QED) is 0.478. The molecule has 1 aliphatic rings. The van der Waals surface area contributed by atoms with Crippen LogP contribution in [-0.2, 0) is 17.6 Å². The zero-order valence-electron chi connectivity index (χ0n) is 16.1. The molecular formula is C23H23N3OS2. The Morgan fingerprint density at radius 3 is 2.97 bits per heavy atom. The molecule has 0 radical (unpaired) electrons. The van der Waals surface area contributed by atoms with E-state index in [0.717, 1.165) is 24.9 Å². The molecule has 1 aliphatic heterocycles. The lowest BCUT2D eigenvalue weighted by Gasteiger charge is -2.34. The van der Waals surface area contributed by atoms with Crippen molar-refractivity contribution in [2.75, 3.05) is 19.6 Å². The van der Waals surface area contributed by atoms with Crippen LogP contribution in [0.3, 0.4) is 0 Å². The highest BCUT2D eigenvalue weighted by Gasteiger charge is 2.31. The molecule has 4 aromatic rings. The van der Waals surface area contributed by atoms with Crippen LogP contribution >= 0.6 is 22.7 Å². The van der Waals surface area contributed by atoms with E-state index in [0.29, 0.717) is 13.1 Å². The third-order valence-corrected chi connectivity index (χ3v) is 7.54. The molecule has 1 unspecified atom stereocenters. The predicted molar refractivity (Wildman–Crippen MR) is 121 cm³/mol. The van der Waals surface area contributed by atoms with Gasteiger partial charge in [0.1, 0.15) is 0 Å². The number of thiophene rings is 2. The monoisotopic (exact) mass is 421 g/mol. The minimum Gasteiger partial charge on any atom is -0.361 e. The van der Waals surface area contributed by atoms with Crippen LogP contribution < -0.4 is 5.32 Å². The smallest absolute Gasteiger partial charge is 0.234 e. The van der Waals surface area contributed by atoms with Gasteiger partial charge in [-0.1, -0.05) is 24.3 Å². The fourth-order valence-corrected chi connectivity index (χ4v) is 6.01. The molecule has 0 aliphatic carbocycles. The molecule has 3 aromatic heterocycles. The van der Waals surface area contributed by atoms with Crippen molar-refractivity contribution in [1.29, 1.82) is 0 Å². The second kappa shape index (κ2) is 8.14. The maximum atomic E-state index is 12.7. The van der Waals surface area contributed by atoms with Gasteiger partial charge in [0.25, 0.3) is 0 Å². The van der Waals surface area contributed by atoms with Crippen molar-refractivity contribution in [3.05, 3.63) is 80.3 Å². The van der Waals surface area contributed by atoms with Gasteiger partial charge < -0.3 is 10.3 Å². The molecule has 6 heteroatoms. The lowest BCUT2D eigenvalue weighted by atomic mass is 9.98. The SMILES string of the molecule is O=C(CN1CCc2sccc2C1c1cccs1)NCCc1c[nH]c2ccccc12. The zero-order valence-corrected chi connectivity index (χ0v) is 17.7. The number of hydrogen-bond acceptors (Lipinski definition) is 4. The fraction of sp³-hybridized carbons (Fsp3) is 0.261. The summed E-state index contributed by atoms with van der Waals surface area (Å²) in [4.78, 5) is 21.1. The summed E-state index contributed by atoms with van der Waals surface area (Å²) in [5, 5.41) is 8.66. The van der Waals surface area contributed by atoms with E-state index in [1.807, 2.05) is 23.6 Å². The number of aromatic amines is 1. The highest BCUT2D eigenvalue weighted by molar-refractivity contribution is 7.10. The summed E-state index contributed by atoms with van der Waals surface area (Å²) >= 11 is 3.61. The van der Waals surface area contributed by atoms with Gasteiger partial charge in [-0.15, -0.1) is 22.7 Å². The molecule has 1 amide bonds. The number of para-hydroxylation sites is 1. The highest BCUT2D eigenvalue weighted by Crippen LogP contribution is 2.39.